The van der Waals surface area contributed by atoms with Gasteiger partial charge in [-0.2, -0.15) is 0 Å². The van der Waals surface area contributed by atoms with E-state index in [-0.39, 0.29) is 46.7 Å². The number of hydrogen-bond acceptors (Lipinski definition) is 20. The van der Waals surface area contributed by atoms with E-state index in [1.165, 1.54) is 25.7 Å². The molecule has 0 atom stereocenters. The molecule has 7 aliphatic carbocycles. The van der Waals surface area contributed by atoms with Crippen molar-refractivity contribution in [3.8, 4) is 0 Å². The summed E-state index contributed by atoms with van der Waals surface area (Å²) >= 11 is 3.89. The number of ketones is 2. The van der Waals surface area contributed by atoms with Crippen LogP contribution in [-0.2, 0) is 47.6 Å². The number of Topliss-reactive ketones (excluding diaryl/α,β-unsaturated/α-hetero) is 2. The van der Waals surface area contributed by atoms with Crippen molar-refractivity contribution in [1.82, 2.24) is 0 Å². The molecular formula is C75H141LiMgO20. The summed E-state index contributed by atoms with van der Waals surface area (Å²) in [5.74, 6) is -0.0628. The predicted molar refractivity (Wildman–Crippen MR) is 386 cm³/mol. The second kappa shape index (κ2) is 48.8. The van der Waals surface area contributed by atoms with Crippen LogP contribution in [0, 0.1) is 7.43 Å². The minimum absolute atomic E-state index is 0. The van der Waals surface area contributed by atoms with Gasteiger partial charge in [-0.3, -0.25) is 9.59 Å². The molecule has 4 saturated heterocycles. The van der Waals surface area contributed by atoms with Crippen molar-refractivity contribution < 1.29 is 98.7 Å². The molecule has 0 aromatic heterocycles. The monoisotopic (exact) mass is 1390 g/mol. The number of carbonyl (C=O) groups is 4. The molecule has 4 aliphatic heterocycles. The molecule has 0 radical (unpaired) electrons. The zero-order chi connectivity index (χ0) is 71.3. The van der Waals surface area contributed by atoms with Gasteiger partial charge >= 0.3 is 33.6 Å². The first-order valence-electron chi connectivity index (χ1n) is 35.7. The van der Waals surface area contributed by atoms with Crippen LogP contribution >= 0.6 is 0 Å². The quantitative estimate of drug-likeness (QED) is 0.0467. The minimum atomic E-state index is -0.843. The first kappa shape index (κ1) is 100. The van der Waals surface area contributed by atoms with Crippen LogP contribution in [0.3, 0.4) is 0 Å². The van der Waals surface area contributed by atoms with Gasteiger partial charge in [0.1, 0.15) is 24.1 Å². The van der Waals surface area contributed by atoms with Gasteiger partial charge in [-0.15, -0.1) is 13.2 Å². The zero-order valence-electron chi connectivity index (χ0n) is 61.1. The maximum atomic E-state index is 10.9. The molecule has 4 heterocycles. The fourth-order valence-corrected chi connectivity index (χ4v) is 12.4. The SMILES string of the molecule is C.C.C1CCOC1.C1CCOC1.C=CCC1(O)CCC(C)(O)CC1.C=CCC1(O)CCC(C)(O)CC1.CC.CC1(O)CCC(=O)CC1.CC1(O)CCC(O)(CC=O)CC1.CC1(O)CCC(O)(CC=O)CC1.CC1(O)CCC2(CC1)OCCO2.O=C1CCC2(CC1)OCCO2.[CH3-].[Li][Mg+]. The van der Waals surface area contributed by atoms with Crippen LogP contribution in [0.2, 0.25) is 0 Å². The molecule has 7 saturated carbocycles. The van der Waals surface area contributed by atoms with Crippen molar-refractivity contribution in [1.29, 1.82) is 0 Å². The van der Waals surface area contributed by atoms with Crippen LogP contribution in [0.4, 0.5) is 0 Å². The summed E-state index contributed by atoms with van der Waals surface area (Å²) in [4.78, 5) is 42.0. The second-order valence-electron chi connectivity index (χ2n) is 29.5. The summed E-state index contributed by atoms with van der Waals surface area (Å²) in [7, 11) is 0. The van der Waals surface area contributed by atoms with Gasteiger partial charge in [0.25, 0.3) is 0 Å². The van der Waals surface area contributed by atoms with E-state index in [4.69, 9.17) is 28.4 Å². The zero-order valence-corrected chi connectivity index (χ0v) is 62.5. The Bertz CT molecular complexity index is 1850. The van der Waals surface area contributed by atoms with E-state index < -0.39 is 56.0 Å². The van der Waals surface area contributed by atoms with Gasteiger partial charge in [0, 0.05) is 90.6 Å². The molecule has 0 bridgehead atoms. The fourth-order valence-electron chi connectivity index (χ4n) is 12.4. The van der Waals surface area contributed by atoms with Crippen molar-refractivity contribution in [3.05, 3.63) is 32.7 Å². The maximum absolute atomic E-state index is 10.9. The predicted octanol–water partition coefficient (Wildman–Crippen LogP) is 10.9. The molecule has 20 nitrogen and oxygen atoms in total. The standard InChI is InChI=1S/2C10H18O2.3C9H16O3.C8H12O3.C7H12O2.2C4H8O.C2H6.2CH4.CH3.Li.Mg/c2*1-3-4-10(12)7-5-9(2,11)6-8-10;1-8(10)2-4-9(5-3-8)11-6-7-12-9;2*1-8(11)2-4-9(12,5-3-8)6-7-10;9-7-1-3-8(4-2-7)10-5-6-11-8;1-7(9)4-2-6(8)3-5-7;2*1-2-4-5-3-1;1-2;;;;;/h2*3,11-12H,1,4-8H2,2H3;10H,2-7H2,1H3;2*7,11-12H,2-6H2,1H3;1-6H2;9H,2-5H2,1H3;2*1-4H2;1-2H3;2*1H4;1H3;;/q;;;;;;;;;;;;-1;;+1. The van der Waals surface area contributed by atoms with E-state index in [2.05, 4.69) is 13.2 Å². The number of rotatable bonds is 8. The van der Waals surface area contributed by atoms with E-state index in [1.807, 2.05) is 68.2 Å². The molecule has 11 aliphatic rings. The molecule has 0 aromatic carbocycles. The van der Waals surface area contributed by atoms with E-state index in [0.717, 1.165) is 77.5 Å². The molecule has 11 fully saturated rings. The van der Waals surface area contributed by atoms with Crippen LogP contribution < -0.4 is 0 Å². The first-order chi connectivity index (χ1) is 43.9. The van der Waals surface area contributed by atoms with Crippen LogP contribution in [0.25, 0.3) is 0 Å². The van der Waals surface area contributed by atoms with E-state index in [0.29, 0.717) is 192 Å². The Hall–Kier alpha value is -1.12. The van der Waals surface area contributed by atoms with Crippen molar-refractivity contribution in [2.24, 2.45) is 0 Å². The van der Waals surface area contributed by atoms with Crippen molar-refractivity contribution in [2.75, 3.05) is 52.9 Å². The Labute approximate surface area is 607 Å². The summed E-state index contributed by atoms with van der Waals surface area (Å²) in [6.07, 6.45) is 30.1. The Kier molecular flexibility index (Phi) is 50.4. The van der Waals surface area contributed by atoms with Crippen molar-refractivity contribution in [3.63, 3.8) is 0 Å². The second-order valence-corrected chi connectivity index (χ2v) is 29.5. The van der Waals surface area contributed by atoms with Crippen LogP contribution in [0.15, 0.2) is 25.3 Å². The molecule has 10 N–H and O–H groups in total. The van der Waals surface area contributed by atoms with Gasteiger partial charge in [-0.1, -0.05) is 40.9 Å². The summed E-state index contributed by atoms with van der Waals surface area (Å²) in [6.45, 7) is 28.9. The molecule has 2 spiro atoms. The third-order valence-corrected chi connectivity index (χ3v) is 19.8. The van der Waals surface area contributed by atoms with Crippen LogP contribution in [-0.4, -0.2) is 229 Å². The number of carbonyl (C=O) groups excluding carboxylic acids is 4. The Morgan fingerprint density at radius 1 is 0.351 bits per heavy atom. The summed E-state index contributed by atoms with van der Waals surface area (Å²) < 4.78 is 31.9. The molecule has 97 heavy (non-hydrogen) atoms. The van der Waals surface area contributed by atoms with E-state index in [9.17, 15) is 70.2 Å². The summed E-state index contributed by atoms with van der Waals surface area (Å²) in [5.41, 5.74) is -6.35. The normalized spacial score (nSPS) is 33.5. The average Bonchev–Trinajstić information content (AvgIpc) is 1.77. The molecule has 564 valence electrons. The average molecular weight is 1390 g/mol. The van der Waals surface area contributed by atoms with Gasteiger partial charge in [-0.25, -0.2) is 0 Å². The Morgan fingerprint density at radius 3 is 0.742 bits per heavy atom. The molecule has 11 rings (SSSR count). The van der Waals surface area contributed by atoms with E-state index in [1.54, 1.807) is 32.9 Å². The number of hydrogen-bond donors (Lipinski definition) is 10. The Balaban J connectivity index is -0.00000102. The third kappa shape index (κ3) is 43.7. The molecule has 22 heteroatoms. The van der Waals surface area contributed by atoms with Gasteiger partial charge in [0.2, 0.25) is 0 Å². The van der Waals surface area contributed by atoms with Crippen molar-refractivity contribution >= 4 is 57.7 Å². The molecule has 0 aromatic rings. The topological polar surface area (TPSA) is 326 Å². The molecule has 0 amide bonds. The Morgan fingerprint density at radius 2 is 0.546 bits per heavy atom. The van der Waals surface area contributed by atoms with Gasteiger partial charge < -0.3 is 96.5 Å². The van der Waals surface area contributed by atoms with Gasteiger partial charge in [0.15, 0.2) is 11.6 Å². The first-order valence-corrected chi connectivity index (χ1v) is 37.1. The summed E-state index contributed by atoms with van der Waals surface area (Å²) in [6, 6.07) is 0. The summed E-state index contributed by atoms with van der Waals surface area (Å²) in [5, 5.41) is 96.8. The van der Waals surface area contributed by atoms with E-state index >= 15 is 0 Å². The van der Waals surface area contributed by atoms with Crippen LogP contribution in [0.1, 0.15) is 301 Å². The number of ether oxygens (including phenoxy) is 6. The fraction of sp³-hybridized carbons (Fsp3) is 0.880. The van der Waals surface area contributed by atoms with Gasteiger partial charge in [0.05, 0.1) is 82.4 Å². The molecule has 0 unspecified atom stereocenters. The molecular weight excluding hydrogens is 1250 g/mol. The van der Waals surface area contributed by atoms with Gasteiger partial charge in [-0.05, 0) is 208 Å². The number of aliphatic hydroxyl groups is 10. The van der Waals surface area contributed by atoms with Crippen LogP contribution in [0.5, 0.6) is 0 Å². The third-order valence-electron chi connectivity index (χ3n) is 19.8. The number of aldehydes is 2. The van der Waals surface area contributed by atoms with Crippen molar-refractivity contribution in [2.45, 2.75) is 369 Å².